The second-order valence-electron chi connectivity index (χ2n) is 5.29. The highest BCUT2D eigenvalue weighted by molar-refractivity contribution is 9.10. The number of nitrogens with two attached hydrogens (primary N) is 1. The Kier molecular flexibility index (Phi) is 3.88. The molecule has 0 saturated heterocycles. The molecule has 1 saturated carbocycles. The molecule has 3 rings (SSSR count). The molecule has 0 amide bonds. The Morgan fingerprint density at radius 2 is 2.20 bits per heavy atom. The van der Waals surface area contributed by atoms with Crippen molar-refractivity contribution in [2.45, 2.75) is 36.0 Å². The number of aromatic nitrogens is 2. The van der Waals surface area contributed by atoms with Gasteiger partial charge in [-0.2, -0.15) is 4.98 Å². The molecule has 1 atom stereocenters. The Balaban J connectivity index is 1.67. The first kappa shape index (κ1) is 14.1. The van der Waals surface area contributed by atoms with Crippen LogP contribution in [-0.2, 0) is 11.3 Å². The minimum atomic E-state index is -0.483. The number of benzene rings is 1. The van der Waals surface area contributed by atoms with E-state index in [-0.39, 0.29) is 0 Å². The van der Waals surface area contributed by atoms with E-state index in [2.05, 4.69) is 32.1 Å². The third kappa shape index (κ3) is 2.92. The summed E-state index contributed by atoms with van der Waals surface area (Å²) in [5.74, 6) is 2.40. The summed E-state index contributed by atoms with van der Waals surface area (Å²) in [5, 5.41) is 4.04. The van der Waals surface area contributed by atoms with E-state index in [0.29, 0.717) is 23.4 Å². The van der Waals surface area contributed by atoms with Crippen molar-refractivity contribution in [3.05, 3.63) is 40.5 Å². The summed E-state index contributed by atoms with van der Waals surface area (Å²) in [6.07, 6.45) is 2.30. The van der Waals surface area contributed by atoms with Gasteiger partial charge in [-0.15, -0.1) is 11.8 Å². The smallest absolute Gasteiger partial charge is 0.246 e. The summed E-state index contributed by atoms with van der Waals surface area (Å²) in [5.41, 5.74) is 5.79. The van der Waals surface area contributed by atoms with Crippen molar-refractivity contribution >= 4 is 27.7 Å². The van der Waals surface area contributed by atoms with E-state index in [1.165, 1.54) is 0 Å². The molecule has 2 aromatic rings. The molecule has 106 valence electrons. The summed E-state index contributed by atoms with van der Waals surface area (Å²) in [6, 6.07) is 8.09. The summed E-state index contributed by atoms with van der Waals surface area (Å²) >= 11 is 5.20. The van der Waals surface area contributed by atoms with Gasteiger partial charge in [-0.1, -0.05) is 17.3 Å². The lowest BCUT2D eigenvalue weighted by Crippen LogP contribution is -2.35. The highest BCUT2D eigenvalue weighted by Gasteiger charge is 2.43. The van der Waals surface area contributed by atoms with Crippen molar-refractivity contribution in [1.82, 2.24) is 10.1 Å². The molecule has 1 aromatic carbocycles. The lowest BCUT2D eigenvalue weighted by molar-refractivity contribution is 0.272. The van der Waals surface area contributed by atoms with E-state index in [1.54, 1.807) is 11.8 Å². The SMILES string of the molecule is CC(N)(c1nc(CSc2ccccc2Br)no1)C1CC1. The van der Waals surface area contributed by atoms with Crippen LogP contribution in [0.1, 0.15) is 31.5 Å². The van der Waals surface area contributed by atoms with Gasteiger partial charge < -0.3 is 10.3 Å². The summed E-state index contributed by atoms with van der Waals surface area (Å²) in [4.78, 5) is 5.61. The fraction of sp³-hybridized carbons (Fsp3) is 0.429. The van der Waals surface area contributed by atoms with Crippen molar-refractivity contribution in [1.29, 1.82) is 0 Å². The fourth-order valence-corrected chi connectivity index (χ4v) is 3.50. The molecule has 0 radical (unpaired) electrons. The molecule has 20 heavy (non-hydrogen) atoms. The first-order valence-corrected chi connectivity index (χ1v) is 8.34. The van der Waals surface area contributed by atoms with Gasteiger partial charge in [0.05, 0.1) is 11.3 Å². The van der Waals surface area contributed by atoms with Gasteiger partial charge >= 0.3 is 0 Å². The Bertz CT molecular complexity index is 610. The zero-order valence-electron chi connectivity index (χ0n) is 11.2. The maximum atomic E-state index is 6.28. The number of thioether (sulfide) groups is 1. The van der Waals surface area contributed by atoms with Gasteiger partial charge in [0.2, 0.25) is 5.89 Å². The fourth-order valence-electron chi connectivity index (χ4n) is 2.09. The third-order valence-corrected chi connectivity index (χ3v) is 5.57. The molecule has 1 aliphatic carbocycles. The third-order valence-electron chi connectivity index (χ3n) is 3.55. The molecule has 0 aliphatic heterocycles. The number of nitrogens with zero attached hydrogens (tertiary/aromatic N) is 2. The van der Waals surface area contributed by atoms with Crippen LogP contribution in [0.2, 0.25) is 0 Å². The second kappa shape index (κ2) is 5.50. The number of hydrogen-bond acceptors (Lipinski definition) is 5. The van der Waals surface area contributed by atoms with Crippen molar-refractivity contribution in [2.24, 2.45) is 11.7 Å². The van der Waals surface area contributed by atoms with Gasteiger partial charge in [0, 0.05) is 9.37 Å². The molecule has 1 fully saturated rings. The van der Waals surface area contributed by atoms with Gasteiger partial charge in [-0.25, -0.2) is 0 Å². The molecule has 0 bridgehead atoms. The maximum Gasteiger partial charge on any atom is 0.246 e. The molecule has 1 unspecified atom stereocenters. The van der Waals surface area contributed by atoms with Crippen LogP contribution in [0.15, 0.2) is 38.2 Å². The van der Waals surface area contributed by atoms with E-state index in [0.717, 1.165) is 22.2 Å². The topological polar surface area (TPSA) is 64.9 Å². The van der Waals surface area contributed by atoms with Crippen molar-refractivity contribution in [2.75, 3.05) is 0 Å². The highest BCUT2D eigenvalue weighted by atomic mass is 79.9. The number of halogens is 1. The van der Waals surface area contributed by atoms with Gasteiger partial charge in [-0.05, 0) is 53.7 Å². The molecule has 4 nitrogen and oxygen atoms in total. The Morgan fingerprint density at radius 1 is 1.45 bits per heavy atom. The lowest BCUT2D eigenvalue weighted by Gasteiger charge is -2.18. The van der Waals surface area contributed by atoms with Gasteiger partial charge in [0.25, 0.3) is 0 Å². The standard InChI is InChI=1S/C14H16BrN3OS/c1-14(16,9-6-7-9)13-17-12(18-19-13)8-20-11-5-3-2-4-10(11)15/h2-5,9H,6-8,16H2,1H3. The maximum absolute atomic E-state index is 6.28. The molecular formula is C14H16BrN3OS. The number of hydrogen-bond donors (Lipinski definition) is 1. The lowest BCUT2D eigenvalue weighted by atomic mass is 9.97. The molecule has 0 spiro atoms. The van der Waals surface area contributed by atoms with E-state index < -0.39 is 5.54 Å². The molecule has 1 aromatic heterocycles. The van der Waals surface area contributed by atoms with Crippen LogP contribution in [0.4, 0.5) is 0 Å². The first-order valence-electron chi connectivity index (χ1n) is 6.56. The molecular weight excluding hydrogens is 338 g/mol. The van der Waals surface area contributed by atoms with E-state index in [9.17, 15) is 0 Å². The van der Waals surface area contributed by atoms with Crippen molar-refractivity contribution in [3.8, 4) is 0 Å². The predicted molar refractivity (Wildman–Crippen MR) is 82.3 cm³/mol. The van der Waals surface area contributed by atoms with Crippen molar-refractivity contribution in [3.63, 3.8) is 0 Å². The van der Waals surface area contributed by atoms with E-state index in [1.807, 2.05) is 25.1 Å². The first-order chi connectivity index (χ1) is 9.57. The van der Waals surface area contributed by atoms with E-state index in [4.69, 9.17) is 10.3 Å². The van der Waals surface area contributed by atoms with Crippen LogP contribution in [0.3, 0.4) is 0 Å². The van der Waals surface area contributed by atoms with Gasteiger partial charge in [0.15, 0.2) is 5.82 Å². The quantitative estimate of drug-likeness (QED) is 0.830. The zero-order chi connectivity index (χ0) is 14.2. The zero-order valence-corrected chi connectivity index (χ0v) is 13.6. The van der Waals surface area contributed by atoms with E-state index >= 15 is 0 Å². The van der Waals surface area contributed by atoms with Gasteiger partial charge in [-0.3, -0.25) is 0 Å². The van der Waals surface area contributed by atoms with Crippen LogP contribution >= 0.6 is 27.7 Å². The van der Waals surface area contributed by atoms with Crippen LogP contribution in [-0.4, -0.2) is 10.1 Å². The Hall–Kier alpha value is -0.850. The number of rotatable bonds is 5. The summed E-state index contributed by atoms with van der Waals surface area (Å²) in [6.45, 7) is 1.98. The minimum Gasteiger partial charge on any atom is -0.337 e. The van der Waals surface area contributed by atoms with Crippen LogP contribution in [0.25, 0.3) is 0 Å². The second-order valence-corrected chi connectivity index (χ2v) is 7.16. The summed E-state index contributed by atoms with van der Waals surface area (Å²) in [7, 11) is 0. The molecule has 2 N–H and O–H groups in total. The van der Waals surface area contributed by atoms with Crippen LogP contribution in [0.5, 0.6) is 0 Å². The highest BCUT2D eigenvalue weighted by Crippen LogP contribution is 2.43. The average molecular weight is 354 g/mol. The summed E-state index contributed by atoms with van der Waals surface area (Å²) < 4.78 is 6.42. The van der Waals surface area contributed by atoms with Crippen LogP contribution < -0.4 is 5.73 Å². The van der Waals surface area contributed by atoms with Crippen LogP contribution in [0, 0.1) is 5.92 Å². The minimum absolute atomic E-state index is 0.478. The Labute approximate surface area is 130 Å². The predicted octanol–water partition coefficient (Wildman–Crippen LogP) is 3.71. The Morgan fingerprint density at radius 3 is 2.90 bits per heavy atom. The van der Waals surface area contributed by atoms with Gasteiger partial charge in [0.1, 0.15) is 0 Å². The molecule has 1 heterocycles. The molecule has 6 heteroatoms. The monoisotopic (exact) mass is 353 g/mol. The van der Waals surface area contributed by atoms with Crippen molar-refractivity contribution < 1.29 is 4.52 Å². The largest absolute Gasteiger partial charge is 0.337 e. The average Bonchev–Trinajstić information content (AvgIpc) is 3.18. The normalized spacial score (nSPS) is 17.9. The molecule has 1 aliphatic rings.